The average molecular weight is 391 g/mol. The summed E-state index contributed by atoms with van der Waals surface area (Å²) in [4.78, 5) is 15.4. The Morgan fingerprint density at radius 1 is 0.821 bits per heavy atom. The van der Waals surface area contributed by atoms with Crippen molar-refractivity contribution in [1.29, 1.82) is 0 Å². The lowest BCUT2D eigenvalue weighted by molar-refractivity contribution is -0.122. The normalized spacial score (nSPS) is 18.9. The molecular weight excluding hydrogens is 370 g/mol. The van der Waals surface area contributed by atoms with Crippen molar-refractivity contribution in [2.45, 2.75) is 23.8 Å². The molecular formula is C23H21NO3S. The van der Waals surface area contributed by atoms with E-state index in [4.69, 9.17) is 0 Å². The van der Waals surface area contributed by atoms with Crippen molar-refractivity contribution >= 4 is 21.4 Å². The zero-order valence-electron chi connectivity index (χ0n) is 15.6. The van der Waals surface area contributed by atoms with E-state index in [0.717, 1.165) is 16.8 Å². The molecule has 0 aliphatic carbocycles. The monoisotopic (exact) mass is 391 g/mol. The van der Waals surface area contributed by atoms with E-state index in [1.165, 1.54) is 0 Å². The molecule has 0 unspecified atom stereocenters. The number of rotatable bonds is 5. The van der Waals surface area contributed by atoms with Crippen LogP contribution in [0.3, 0.4) is 0 Å². The van der Waals surface area contributed by atoms with Gasteiger partial charge in [-0.2, -0.15) is 0 Å². The Hall–Kier alpha value is -2.92. The molecule has 0 bridgehead atoms. The van der Waals surface area contributed by atoms with Crippen molar-refractivity contribution in [3.63, 3.8) is 0 Å². The number of carbonyl (C=O) groups is 1. The lowest BCUT2D eigenvalue weighted by Gasteiger charge is -2.24. The van der Waals surface area contributed by atoms with Crippen molar-refractivity contribution in [3.05, 3.63) is 96.1 Å². The van der Waals surface area contributed by atoms with Crippen molar-refractivity contribution in [1.82, 2.24) is 0 Å². The predicted molar refractivity (Wildman–Crippen MR) is 110 cm³/mol. The van der Waals surface area contributed by atoms with E-state index in [-0.39, 0.29) is 16.6 Å². The third kappa shape index (κ3) is 3.12. The molecule has 0 fully saturated rings. The number of sulfone groups is 1. The van der Waals surface area contributed by atoms with E-state index in [2.05, 4.69) is 0 Å². The number of anilines is 1. The summed E-state index contributed by atoms with van der Waals surface area (Å²) in [5.74, 6) is -0.442. The van der Waals surface area contributed by atoms with E-state index in [9.17, 15) is 13.2 Å². The van der Waals surface area contributed by atoms with Crippen LogP contribution in [0.2, 0.25) is 0 Å². The van der Waals surface area contributed by atoms with Crippen LogP contribution in [0.15, 0.2) is 89.8 Å². The van der Waals surface area contributed by atoms with Crippen LogP contribution in [0.25, 0.3) is 0 Å². The van der Waals surface area contributed by atoms with Gasteiger partial charge in [0.15, 0.2) is 9.84 Å². The van der Waals surface area contributed by atoms with E-state index in [1.807, 2.05) is 54.6 Å². The molecule has 0 spiro atoms. The van der Waals surface area contributed by atoms with Gasteiger partial charge >= 0.3 is 0 Å². The highest BCUT2D eigenvalue weighted by Gasteiger charge is 2.49. The van der Waals surface area contributed by atoms with E-state index >= 15 is 0 Å². The molecule has 0 aromatic heterocycles. The summed E-state index contributed by atoms with van der Waals surface area (Å²) in [6.07, 6.45) is 0. The summed E-state index contributed by atoms with van der Waals surface area (Å²) in [6, 6.07) is 25.5. The average Bonchev–Trinajstić information content (AvgIpc) is 2.91. The second-order valence-electron chi connectivity index (χ2n) is 7.30. The van der Waals surface area contributed by atoms with Crippen LogP contribution in [0, 0.1) is 0 Å². The van der Waals surface area contributed by atoms with Gasteiger partial charge in [-0.15, -0.1) is 0 Å². The molecule has 28 heavy (non-hydrogen) atoms. The Balaban J connectivity index is 1.74. The zero-order chi connectivity index (χ0) is 19.8. The summed E-state index contributed by atoms with van der Waals surface area (Å²) in [5.41, 5.74) is 1.42. The third-order valence-electron chi connectivity index (χ3n) is 5.27. The molecule has 4 rings (SSSR count). The van der Waals surface area contributed by atoms with E-state index < -0.39 is 15.3 Å². The number of amides is 1. The van der Waals surface area contributed by atoms with Crippen LogP contribution in [-0.4, -0.2) is 20.1 Å². The van der Waals surface area contributed by atoms with Gasteiger partial charge in [-0.1, -0.05) is 66.7 Å². The summed E-state index contributed by atoms with van der Waals surface area (Å²) in [7, 11) is -3.62. The Labute approximate surface area is 165 Å². The molecule has 5 heteroatoms. The van der Waals surface area contributed by atoms with Gasteiger partial charge in [-0.25, -0.2) is 8.42 Å². The maximum absolute atomic E-state index is 13.5. The molecule has 1 atom stereocenters. The van der Waals surface area contributed by atoms with Gasteiger partial charge in [-0.05, 0) is 36.2 Å². The summed E-state index contributed by atoms with van der Waals surface area (Å²) in [5, 5.41) is 0. The molecule has 142 valence electrons. The van der Waals surface area contributed by atoms with Crippen LogP contribution >= 0.6 is 0 Å². The quantitative estimate of drug-likeness (QED) is 0.661. The fraction of sp³-hybridized carbons (Fsp3) is 0.174. The number of nitrogens with zero attached hydrogens (tertiary/aromatic N) is 1. The highest BCUT2D eigenvalue weighted by Crippen LogP contribution is 2.43. The second-order valence-corrected chi connectivity index (χ2v) is 9.29. The first-order valence-electron chi connectivity index (χ1n) is 9.15. The van der Waals surface area contributed by atoms with Crippen LogP contribution in [-0.2, 0) is 26.6 Å². The Kier molecular flexibility index (Phi) is 4.55. The van der Waals surface area contributed by atoms with Gasteiger partial charge in [0, 0.05) is 5.69 Å². The first-order valence-corrected chi connectivity index (χ1v) is 10.8. The number of hydrogen-bond donors (Lipinski definition) is 0. The molecule has 4 nitrogen and oxygen atoms in total. The van der Waals surface area contributed by atoms with Crippen LogP contribution in [0.1, 0.15) is 18.1 Å². The number of para-hydroxylation sites is 1. The Morgan fingerprint density at radius 3 is 2.07 bits per heavy atom. The van der Waals surface area contributed by atoms with Gasteiger partial charge in [-0.3, -0.25) is 4.79 Å². The number of fused-ring (bicyclic) bond motifs is 1. The number of carbonyl (C=O) groups excluding carboxylic acids is 1. The smallest absolute Gasteiger partial charge is 0.238 e. The Bertz CT molecular complexity index is 1110. The largest absolute Gasteiger partial charge is 0.307 e. The molecule has 0 radical (unpaired) electrons. The van der Waals surface area contributed by atoms with Crippen molar-refractivity contribution in [2.24, 2.45) is 0 Å². The van der Waals surface area contributed by atoms with Crippen LogP contribution < -0.4 is 4.90 Å². The number of benzene rings is 3. The molecule has 3 aromatic carbocycles. The molecule has 1 amide bonds. The van der Waals surface area contributed by atoms with Crippen LogP contribution in [0.5, 0.6) is 0 Å². The van der Waals surface area contributed by atoms with Crippen LogP contribution in [0.4, 0.5) is 5.69 Å². The van der Waals surface area contributed by atoms with Crippen molar-refractivity contribution in [2.75, 3.05) is 10.7 Å². The molecule has 1 aliphatic rings. The van der Waals surface area contributed by atoms with Gasteiger partial charge in [0.2, 0.25) is 5.91 Å². The van der Waals surface area contributed by atoms with Crippen molar-refractivity contribution < 1.29 is 13.2 Å². The Morgan fingerprint density at radius 2 is 1.39 bits per heavy atom. The first-order chi connectivity index (χ1) is 13.4. The highest BCUT2D eigenvalue weighted by molar-refractivity contribution is 7.91. The SMILES string of the molecule is C[C@]1(CS(=O)(=O)c2ccccc2)C(=O)N(Cc2ccccc2)c2ccccc21. The topological polar surface area (TPSA) is 54.5 Å². The molecule has 3 aromatic rings. The van der Waals surface area contributed by atoms with Gasteiger partial charge in [0.1, 0.15) is 0 Å². The van der Waals surface area contributed by atoms with Gasteiger partial charge in [0.25, 0.3) is 0 Å². The zero-order valence-corrected chi connectivity index (χ0v) is 16.4. The third-order valence-corrected chi connectivity index (χ3v) is 7.22. The standard InChI is InChI=1S/C23H21NO3S/c1-23(17-28(26,27)19-12-6-3-7-13-19)20-14-8-9-15-21(20)24(22(23)25)16-18-10-4-2-5-11-18/h2-15H,16-17H2,1H3/t23-/m1/s1. The summed E-state index contributed by atoms with van der Waals surface area (Å²) >= 11 is 0. The molecule has 0 N–H and O–H groups in total. The molecule has 0 saturated heterocycles. The van der Waals surface area contributed by atoms with Gasteiger partial charge < -0.3 is 4.90 Å². The van der Waals surface area contributed by atoms with E-state index in [0.29, 0.717) is 6.54 Å². The van der Waals surface area contributed by atoms with Gasteiger partial charge in [0.05, 0.1) is 22.6 Å². The second kappa shape index (κ2) is 6.91. The van der Waals surface area contributed by atoms with Crippen molar-refractivity contribution in [3.8, 4) is 0 Å². The first kappa shape index (κ1) is 18.4. The maximum atomic E-state index is 13.5. The minimum absolute atomic E-state index is 0.183. The summed E-state index contributed by atoms with van der Waals surface area (Å²) < 4.78 is 26.1. The summed E-state index contributed by atoms with van der Waals surface area (Å²) in [6.45, 7) is 2.15. The highest BCUT2D eigenvalue weighted by atomic mass is 32.2. The minimum Gasteiger partial charge on any atom is -0.307 e. The molecule has 0 saturated carbocycles. The fourth-order valence-corrected chi connectivity index (χ4v) is 5.63. The number of hydrogen-bond acceptors (Lipinski definition) is 3. The lowest BCUT2D eigenvalue weighted by atomic mass is 9.86. The van der Waals surface area contributed by atoms with E-state index in [1.54, 1.807) is 42.2 Å². The lowest BCUT2D eigenvalue weighted by Crippen LogP contribution is -2.42. The fourth-order valence-electron chi connectivity index (χ4n) is 3.85. The predicted octanol–water partition coefficient (Wildman–Crippen LogP) is 3.97. The maximum Gasteiger partial charge on any atom is 0.238 e. The molecule has 1 heterocycles. The molecule has 1 aliphatic heterocycles. The minimum atomic E-state index is -3.62.